The summed E-state index contributed by atoms with van der Waals surface area (Å²) in [4.78, 5) is 0.815. The van der Waals surface area contributed by atoms with E-state index in [2.05, 4.69) is 15.9 Å². The van der Waals surface area contributed by atoms with Gasteiger partial charge in [0.2, 0.25) is 0 Å². The summed E-state index contributed by atoms with van der Waals surface area (Å²) in [5, 5.41) is 0. The number of nitrogen functional groups attached to an aromatic ring is 1. The summed E-state index contributed by atoms with van der Waals surface area (Å²) in [5.74, 6) is 0.504. The van der Waals surface area contributed by atoms with Crippen molar-refractivity contribution in [3.05, 3.63) is 58.1 Å². The molecular weight excluding hydrogens is 310 g/mol. The second kappa shape index (κ2) is 5.67. The van der Waals surface area contributed by atoms with E-state index in [1.165, 1.54) is 0 Å². The van der Waals surface area contributed by atoms with Gasteiger partial charge in [0.25, 0.3) is 0 Å². The number of hydrogen-bond acceptors (Lipinski definition) is 2. The van der Waals surface area contributed by atoms with Crippen LogP contribution in [0.15, 0.2) is 51.8 Å². The molecule has 0 aliphatic heterocycles. The minimum absolute atomic E-state index is 0.504. The minimum atomic E-state index is -1.07. The largest absolute Gasteiger partial charge is 0.398 e. The van der Waals surface area contributed by atoms with Gasteiger partial charge in [-0.3, -0.25) is 4.21 Å². The maximum atomic E-state index is 12.3. The van der Waals surface area contributed by atoms with E-state index in [1.54, 1.807) is 0 Å². The zero-order chi connectivity index (χ0) is 13.1. The predicted octanol–water partition coefficient (Wildman–Crippen LogP) is 3.65. The third-order valence-corrected chi connectivity index (χ3v) is 4.78. The minimum Gasteiger partial charge on any atom is -0.398 e. The summed E-state index contributed by atoms with van der Waals surface area (Å²) < 4.78 is 13.3. The van der Waals surface area contributed by atoms with Gasteiger partial charge in [-0.05, 0) is 42.3 Å². The molecule has 0 aliphatic carbocycles. The van der Waals surface area contributed by atoms with Crippen LogP contribution in [0.5, 0.6) is 0 Å². The molecule has 2 rings (SSSR count). The Labute approximate surface area is 118 Å². The van der Waals surface area contributed by atoms with Gasteiger partial charge in [0.1, 0.15) is 0 Å². The molecule has 0 radical (unpaired) electrons. The van der Waals surface area contributed by atoms with Crippen LogP contribution in [0, 0.1) is 6.92 Å². The number of hydrogen-bond donors (Lipinski definition) is 1. The molecule has 4 heteroatoms. The fourth-order valence-corrected chi connectivity index (χ4v) is 3.51. The quantitative estimate of drug-likeness (QED) is 0.876. The molecule has 2 N–H and O–H groups in total. The lowest BCUT2D eigenvalue weighted by atomic mass is 10.2. The first kappa shape index (κ1) is 13.3. The van der Waals surface area contributed by atoms with Crippen molar-refractivity contribution < 1.29 is 4.21 Å². The molecule has 0 fully saturated rings. The second-order valence-electron chi connectivity index (χ2n) is 4.09. The monoisotopic (exact) mass is 323 g/mol. The summed E-state index contributed by atoms with van der Waals surface area (Å²) in [7, 11) is -1.07. The van der Waals surface area contributed by atoms with E-state index in [0.29, 0.717) is 11.4 Å². The summed E-state index contributed by atoms with van der Waals surface area (Å²) in [5.41, 5.74) is 8.48. The number of anilines is 1. The van der Waals surface area contributed by atoms with Crippen LogP contribution in [0.4, 0.5) is 5.69 Å². The van der Waals surface area contributed by atoms with Crippen LogP contribution in [0.3, 0.4) is 0 Å². The van der Waals surface area contributed by atoms with Gasteiger partial charge >= 0.3 is 0 Å². The SMILES string of the molecule is Cc1c(N)cccc1S(=O)Cc1cccc(Br)c1. The Kier molecular flexibility index (Phi) is 4.19. The number of benzene rings is 2. The normalized spacial score (nSPS) is 12.3. The van der Waals surface area contributed by atoms with Gasteiger partial charge in [0.15, 0.2) is 0 Å². The van der Waals surface area contributed by atoms with Crippen molar-refractivity contribution in [1.82, 2.24) is 0 Å². The summed E-state index contributed by atoms with van der Waals surface area (Å²) >= 11 is 3.42. The average Bonchev–Trinajstić information content (AvgIpc) is 2.32. The maximum absolute atomic E-state index is 12.3. The van der Waals surface area contributed by atoms with Gasteiger partial charge in [0.05, 0.1) is 16.6 Å². The summed E-state index contributed by atoms with van der Waals surface area (Å²) in [6.45, 7) is 1.91. The molecule has 1 atom stereocenters. The average molecular weight is 324 g/mol. The Morgan fingerprint density at radius 1 is 1.22 bits per heavy atom. The zero-order valence-corrected chi connectivity index (χ0v) is 12.4. The van der Waals surface area contributed by atoms with E-state index in [-0.39, 0.29) is 0 Å². The standard InChI is InChI=1S/C14H14BrNOS/c1-10-13(16)6-3-7-14(10)18(17)9-11-4-2-5-12(15)8-11/h2-8H,9,16H2,1H3. The van der Waals surface area contributed by atoms with Gasteiger partial charge in [-0.15, -0.1) is 0 Å². The lowest BCUT2D eigenvalue weighted by molar-refractivity contribution is 0.682. The first-order valence-corrected chi connectivity index (χ1v) is 7.67. The lowest BCUT2D eigenvalue weighted by Crippen LogP contribution is -2.01. The van der Waals surface area contributed by atoms with Crippen LogP contribution in [-0.4, -0.2) is 4.21 Å². The van der Waals surface area contributed by atoms with E-state index in [0.717, 1.165) is 20.5 Å². The molecule has 0 spiro atoms. The molecule has 1 unspecified atom stereocenters. The summed E-state index contributed by atoms with van der Waals surface area (Å²) in [6, 6.07) is 13.4. The Bertz CT molecular complexity index is 598. The lowest BCUT2D eigenvalue weighted by Gasteiger charge is -2.08. The first-order valence-electron chi connectivity index (χ1n) is 5.56. The Morgan fingerprint density at radius 2 is 1.94 bits per heavy atom. The molecule has 0 aliphatic rings. The van der Waals surface area contributed by atoms with Crippen molar-refractivity contribution in [1.29, 1.82) is 0 Å². The van der Waals surface area contributed by atoms with Crippen LogP contribution in [0.25, 0.3) is 0 Å². The number of nitrogens with two attached hydrogens (primary N) is 1. The molecule has 2 aromatic carbocycles. The highest BCUT2D eigenvalue weighted by atomic mass is 79.9. The van der Waals surface area contributed by atoms with E-state index in [4.69, 9.17) is 5.73 Å². The molecule has 0 saturated heterocycles. The fourth-order valence-electron chi connectivity index (χ4n) is 1.73. The predicted molar refractivity (Wildman–Crippen MR) is 79.8 cm³/mol. The van der Waals surface area contributed by atoms with Crippen molar-refractivity contribution in [3.63, 3.8) is 0 Å². The van der Waals surface area contributed by atoms with E-state index >= 15 is 0 Å². The topological polar surface area (TPSA) is 43.1 Å². The van der Waals surface area contributed by atoms with Gasteiger partial charge in [-0.1, -0.05) is 34.1 Å². The third-order valence-electron chi connectivity index (χ3n) is 2.76. The molecular formula is C14H14BrNOS. The molecule has 94 valence electrons. The molecule has 0 amide bonds. The van der Waals surface area contributed by atoms with E-state index in [9.17, 15) is 4.21 Å². The molecule has 2 aromatic rings. The van der Waals surface area contributed by atoms with Gasteiger partial charge in [-0.25, -0.2) is 0 Å². The second-order valence-corrected chi connectivity index (χ2v) is 6.43. The van der Waals surface area contributed by atoms with Gasteiger partial charge in [-0.2, -0.15) is 0 Å². The van der Waals surface area contributed by atoms with E-state index < -0.39 is 10.8 Å². The van der Waals surface area contributed by atoms with E-state index in [1.807, 2.05) is 49.4 Å². The molecule has 0 bridgehead atoms. The fraction of sp³-hybridized carbons (Fsp3) is 0.143. The summed E-state index contributed by atoms with van der Waals surface area (Å²) in [6.07, 6.45) is 0. The smallest absolute Gasteiger partial charge is 0.0577 e. The van der Waals surface area contributed by atoms with Gasteiger partial charge in [0, 0.05) is 15.1 Å². The number of halogens is 1. The van der Waals surface area contributed by atoms with Crippen molar-refractivity contribution >= 4 is 32.4 Å². The molecule has 2 nitrogen and oxygen atoms in total. The van der Waals surface area contributed by atoms with Crippen LogP contribution in [0.1, 0.15) is 11.1 Å². The molecule has 0 saturated carbocycles. The van der Waals surface area contributed by atoms with Crippen LogP contribution < -0.4 is 5.73 Å². The Hall–Kier alpha value is -1.13. The Balaban J connectivity index is 2.25. The maximum Gasteiger partial charge on any atom is 0.0577 e. The zero-order valence-electron chi connectivity index (χ0n) is 10.0. The molecule has 0 aromatic heterocycles. The van der Waals surface area contributed by atoms with Crippen LogP contribution in [0.2, 0.25) is 0 Å². The highest BCUT2D eigenvalue weighted by Gasteiger charge is 2.09. The van der Waals surface area contributed by atoms with Crippen LogP contribution >= 0.6 is 15.9 Å². The van der Waals surface area contributed by atoms with Crippen molar-refractivity contribution in [3.8, 4) is 0 Å². The highest BCUT2D eigenvalue weighted by molar-refractivity contribution is 9.10. The first-order chi connectivity index (χ1) is 8.58. The van der Waals surface area contributed by atoms with Crippen LogP contribution in [-0.2, 0) is 16.6 Å². The highest BCUT2D eigenvalue weighted by Crippen LogP contribution is 2.22. The van der Waals surface area contributed by atoms with Crippen molar-refractivity contribution in [2.24, 2.45) is 0 Å². The van der Waals surface area contributed by atoms with Gasteiger partial charge < -0.3 is 5.73 Å². The van der Waals surface area contributed by atoms with Crippen molar-refractivity contribution in [2.45, 2.75) is 17.6 Å². The number of rotatable bonds is 3. The third kappa shape index (κ3) is 3.00. The molecule has 0 heterocycles. The van der Waals surface area contributed by atoms with Crippen molar-refractivity contribution in [2.75, 3.05) is 5.73 Å². The molecule has 18 heavy (non-hydrogen) atoms. The Morgan fingerprint density at radius 3 is 2.67 bits per heavy atom.